The molecule has 0 aliphatic heterocycles. The van der Waals surface area contributed by atoms with Gasteiger partial charge in [0.25, 0.3) is 5.69 Å². The van der Waals surface area contributed by atoms with E-state index >= 15 is 0 Å². The van der Waals surface area contributed by atoms with Crippen LogP contribution in [0.1, 0.15) is 51.6 Å². The number of nitrogens with two attached hydrogens (primary N) is 1. The standard InChI is InChI=1S/C18H18N2O5/c1-11(2)12-3-5-13(6-4-12)18(22)25-10-15-8-7-14(17(19)21)9-16(15)20(23)24/h3-9,11H,10H2,1-2H3,(H2,19,21). The summed E-state index contributed by atoms with van der Waals surface area (Å²) in [6.07, 6.45) is 0. The number of rotatable bonds is 6. The first-order valence-corrected chi connectivity index (χ1v) is 7.63. The lowest BCUT2D eigenvalue weighted by molar-refractivity contribution is -0.385. The third kappa shape index (κ3) is 4.41. The van der Waals surface area contributed by atoms with Gasteiger partial charge in [0.2, 0.25) is 5.91 Å². The van der Waals surface area contributed by atoms with E-state index in [9.17, 15) is 19.7 Å². The highest BCUT2D eigenvalue weighted by molar-refractivity contribution is 5.93. The number of hydrogen-bond donors (Lipinski definition) is 1. The Labute approximate surface area is 144 Å². The van der Waals surface area contributed by atoms with Gasteiger partial charge in [-0.05, 0) is 35.7 Å². The molecule has 2 aromatic carbocycles. The van der Waals surface area contributed by atoms with Crippen molar-refractivity contribution in [3.63, 3.8) is 0 Å². The average molecular weight is 342 g/mol. The summed E-state index contributed by atoms with van der Waals surface area (Å²) in [4.78, 5) is 33.7. The minimum atomic E-state index is -0.767. The lowest BCUT2D eigenvalue weighted by Crippen LogP contribution is -2.12. The van der Waals surface area contributed by atoms with Gasteiger partial charge in [-0.15, -0.1) is 0 Å². The van der Waals surface area contributed by atoms with Crippen LogP contribution in [0, 0.1) is 10.1 Å². The molecule has 0 aliphatic rings. The number of nitro groups is 1. The molecule has 1 amide bonds. The first-order valence-electron chi connectivity index (χ1n) is 7.63. The van der Waals surface area contributed by atoms with E-state index in [1.165, 1.54) is 12.1 Å². The number of benzene rings is 2. The summed E-state index contributed by atoms with van der Waals surface area (Å²) in [5.41, 5.74) is 6.45. The van der Waals surface area contributed by atoms with E-state index < -0.39 is 16.8 Å². The summed E-state index contributed by atoms with van der Waals surface area (Å²) in [7, 11) is 0. The van der Waals surface area contributed by atoms with E-state index in [0.29, 0.717) is 11.5 Å². The number of nitro benzene ring substituents is 1. The van der Waals surface area contributed by atoms with Crippen LogP contribution in [0.25, 0.3) is 0 Å². The summed E-state index contributed by atoms with van der Waals surface area (Å²) in [6.45, 7) is 3.81. The van der Waals surface area contributed by atoms with Crippen LogP contribution < -0.4 is 5.73 Å². The topological polar surface area (TPSA) is 113 Å². The summed E-state index contributed by atoms with van der Waals surface area (Å²) in [6, 6.07) is 10.8. The number of carbonyl (C=O) groups is 2. The van der Waals surface area contributed by atoms with Crippen molar-refractivity contribution in [3.8, 4) is 0 Å². The van der Waals surface area contributed by atoms with Crippen molar-refractivity contribution >= 4 is 17.6 Å². The molecule has 0 bridgehead atoms. The highest BCUT2D eigenvalue weighted by Gasteiger charge is 2.18. The molecule has 0 aromatic heterocycles. The summed E-state index contributed by atoms with van der Waals surface area (Å²) in [5.74, 6) is -1.00. The fourth-order valence-electron chi connectivity index (χ4n) is 2.24. The van der Waals surface area contributed by atoms with Crippen molar-refractivity contribution in [1.29, 1.82) is 0 Å². The quantitative estimate of drug-likeness (QED) is 0.492. The van der Waals surface area contributed by atoms with Crippen molar-refractivity contribution in [3.05, 3.63) is 74.8 Å². The number of amides is 1. The summed E-state index contributed by atoms with van der Waals surface area (Å²) in [5, 5.41) is 11.1. The molecule has 2 N–H and O–H groups in total. The smallest absolute Gasteiger partial charge is 0.338 e. The SMILES string of the molecule is CC(C)c1ccc(C(=O)OCc2ccc(C(N)=O)cc2[N+](=O)[O-])cc1. The summed E-state index contributed by atoms with van der Waals surface area (Å²) < 4.78 is 5.15. The molecule has 0 saturated heterocycles. The maximum atomic E-state index is 12.1. The third-order valence-electron chi connectivity index (χ3n) is 3.74. The first kappa shape index (κ1) is 18.1. The van der Waals surface area contributed by atoms with E-state index in [-0.39, 0.29) is 23.4 Å². The van der Waals surface area contributed by atoms with Crippen molar-refractivity contribution in [2.24, 2.45) is 5.73 Å². The molecule has 0 unspecified atom stereocenters. The van der Waals surface area contributed by atoms with Gasteiger partial charge in [-0.2, -0.15) is 0 Å². The molecule has 130 valence electrons. The van der Waals surface area contributed by atoms with Crippen molar-refractivity contribution in [2.75, 3.05) is 0 Å². The molecule has 0 radical (unpaired) electrons. The Morgan fingerprint density at radius 3 is 2.24 bits per heavy atom. The fraction of sp³-hybridized carbons (Fsp3) is 0.222. The monoisotopic (exact) mass is 342 g/mol. The van der Waals surface area contributed by atoms with E-state index in [0.717, 1.165) is 11.6 Å². The number of hydrogen-bond acceptors (Lipinski definition) is 5. The van der Waals surface area contributed by atoms with E-state index in [1.807, 2.05) is 26.0 Å². The Morgan fingerprint density at radius 2 is 1.72 bits per heavy atom. The largest absolute Gasteiger partial charge is 0.457 e. The molecule has 2 rings (SSSR count). The van der Waals surface area contributed by atoms with E-state index in [1.54, 1.807) is 12.1 Å². The molecule has 0 aliphatic carbocycles. The molecule has 0 fully saturated rings. The highest BCUT2D eigenvalue weighted by Crippen LogP contribution is 2.22. The van der Waals surface area contributed by atoms with Crippen LogP contribution in [-0.2, 0) is 11.3 Å². The Balaban J connectivity index is 2.13. The fourth-order valence-corrected chi connectivity index (χ4v) is 2.24. The maximum Gasteiger partial charge on any atom is 0.338 e. The molecule has 7 heteroatoms. The van der Waals surface area contributed by atoms with Gasteiger partial charge in [-0.1, -0.05) is 26.0 Å². The Morgan fingerprint density at radius 1 is 1.12 bits per heavy atom. The van der Waals surface area contributed by atoms with Crippen LogP contribution in [0.4, 0.5) is 5.69 Å². The third-order valence-corrected chi connectivity index (χ3v) is 3.74. The van der Waals surface area contributed by atoms with Gasteiger partial charge in [-0.3, -0.25) is 14.9 Å². The molecule has 0 spiro atoms. The zero-order chi connectivity index (χ0) is 18.6. The van der Waals surface area contributed by atoms with Gasteiger partial charge < -0.3 is 10.5 Å². The molecule has 0 atom stereocenters. The first-order chi connectivity index (χ1) is 11.8. The van der Waals surface area contributed by atoms with Crippen LogP contribution in [0.5, 0.6) is 0 Å². The predicted octanol–water partition coefficient (Wildman–Crippen LogP) is 3.17. The van der Waals surface area contributed by atoms with Gasteiger partial charge >= 0.3 is 5.97 Å². The minimum absolute atomic E-state index is 0.0195. The van der Waals surface area contributed by atoms with Gasteiger partial charge in [-0.25, -0.2) is 4.79 Å². The minimum Gasteiger partial charge on any atom is -0.457 e. The lowest BCUT2D eigenvalue weighted by atomic mass is 10.0. The maximum absolute atomic E-state index is 12.1. The number of primary amides is 1. The zero-order valence-corrected chi connectivity index (χ0v) is 13.9. The molecule has 0 saturated carbocycles. The van der Waals surface area contributed by atoms with Crippen molar-refractivity contribution in [1.82, 2.24) is 0 Å². The van der Waals surface area contributed by atoms with Gasteiger partial charge in [0.15, 0.2) is 0 Å². The van der Waals surface area contributed by atoms with Crippen molar-refractivity contribution in [2.45, 2.75) is 26.4 Å². The van der Waals surface area contributed by atoms with Crippen LogP contribution >= 0.6 is 0 Å². The second-order valence-corrected chi connectivity index (χ2v) is 5.82. The van der Waals surface area contributed by atoms with E-state index in [2.05, 4.69) is 0 Å². The number of carbonyl (C=O) groups excluding carboxylic acids is 2. The van der Waals surface area contributed by atoms with E-state index in [4.69, 9.17) is 10.5 Å². The Bertz CT molecular complexity index is 813. The summed E-state index contributed by atoms with van der Waals surface area (Å²) >= 11 is 0. The molecule has 0 heterocycles. The van der Waals surface area contributed by atoms with Crippen LogP contribution in [0.3, 0.4) is 0 Å². The molecular formula is C18H18N2O5. The zero-order valence-electron chi connectivity index (χ0n) is 13.9. The number of ether oxygens (including phenoxy) is 1. The Hall–Kier alpha value is -3.22. The highest BCUT2D eigenvalue weighted by atomic mass is 16.6. The van der Waals surface area contributed by atoms with Gasteiger partial charge in [0.1, 0.15) is 6.61 Å². The Kier molecular flexibility index (Phi) is 5.49. The molecule has 7 nitrogen and oxygen atoms in total. The molecule has 2 aromatic rings. The lowest BCUT2D eigenvalue weighted by Gasteiger charge is -2.08. The second-order valence-electron chi connectivity index (χ2n) is 5.82. The van der Waals surface area contributed by atoms with Crippen LogP contribution in [0.15, 0.2) is 42.5 Å². The van der Waals surface area contributed by atoms with Gasteiger partial charge in [0, 0.05) is 11.6 Å². The average Bonchev–Trinajstić information content (AvgIpc) is 2.59. The number of esters is 1. The normalized spacial score (nSPS) is 10.5. The van der Waals surface area contributed by atoms with Gasteiger partial charge in [0.05, 0.1) is 16.1 Å². The second kappa shape index (κ2) is 7.57. The molecule has 25 heavy (non-hydrogen) atoms. The molecular weight excluding hydrogens is 324 g/mol. The predicted molar refractivity (Wildman–Crippen MR) is 91.3 cm³/mol. The van der Waals surface area contributed by atoms with Crippen molar-refractivity contribution < 1.29 is 19.2 Å². The number of nitrogens with zero attached hydrogens (tertiary/aromatic N) is 1. The van der Waals surface area contributed by atoms with Crippen LogP contribution in [-0.4, -0.2) is 16.8 Å². The van der Waals surface area contributed by atoms with Crippen LogP contribution in [0.2, 0.25) is 0 Å².